The molecule has 0 aliphatic rings. The minimum absolute atomic E-state index is 0.0578. The van der Waals surface area contributed by atoms with Crippen LogP contribution in [0.1, 0.15) is 26.7 Å². The Morgan fingerprint density at radius 3 is 2.89 bits per heavy atom. The third-order valence-corrected chi connectivity index (χ3v) is 5.96. The third-order valence-electron chi connectivity index (χ3n) is 3.19. The molecule has 0 bridgehead atoms. The van der Waals surface area contributed by atoms with Crippen molar-refractivity contribution >= 4 is 32.1 Å². The Morgan fingerprint density at radius 2 is 2.26 bits per heavy atom. The van der Waals surface area contributed by atoms with Gasteiger partial charge in [0.25, 0.3) is 10.0 Å². The molecule has 19 heavy (non-hydrogen) atoms. The summed E-state index contributed by atoms with van der Waals surface area (Å²) in [5.74, 6) is 0.0578. The number of nitrogen functional groups attached to an aromatic ring is 1. The zero-order valence-corrected chi connectivity index (χ0v) is 12.8. The van der Waals surface area contributed by atoms with Crippen molar-refractivity contribution in [2.75, 3.05) is 12.8 Å². The molecule has 1 unspecified atom stereocenters. The second-order valence-corrected chi connectivity index (χ2v) is 7.30. The summed E-state index contributed by atoms with van der Waals surface area (Å²) in [6.45, 7) is 3.92. The van der Waals surface area contributed by atoms with Crippen molar-refractivity contribution < 1.29 is 8.42 Å². The number of fused-ring (bicyclic) bond motifs is 1. The van der Waals surface area contributed by atoms with Crippen LogP contribution >= 0.6 is 11.3 Å². The molecule has 0 radical (unpaired) electrons. The molecule has 2 N–H and O–H groups in total. The Kier molecular flexibility index (Phi) is 3.84. The van der Waals surface area contributed by atoms with Gasteiger partial charge in [-0.3, -0.25) is 4.40 Å². The predicted molar refractivity (Wildman–Crippen MR) is 76.8 cm³/mol. The van der Waals surface area contributed by atoms with Crippen LogP contribution in [-0.4, -0.2) is 35.2 Å². The molecule has 0 amide bonds. The minimum atomic E-state index is -3.63. The van der Waals surface area contributed by atoms with Gasteiger partial charge < -0.3 is 5.73 Å². The van der Waals surface area contributed by atoms with Crippen LogP contribution in [0.15, 0.2) is 16.6 Å². The van der Waals surface area contributed by atoms with Gasteiger partial charge >= 0.3 is 0 Å². The molecule has 2 rings (SSSR count). The lowest BCUT2D eigenvalue weighted by atomic mass is 10.2. The molecule has 106 valence electrons. The molecule has 6 nitrogen and oxygen atoms in total. The molecule has 2 aromatic heterocycles. The molecule has 0 aliphatic heterocycles. The summed E-state index contributed by atoms with van der Waals surface area (Å²) in [6.07, 6.45) is 3.41. The second-order valence-electron chi connectivity index (χ2n) is 4.52. The molecule has 0 saturated heterocycles. The van der Waals surface area contributed by atoms with E-state index in [4.69, 9.17) is 5.73 Å². The Labute approximate surface area is 116 Å². The zero-order chi connectivity index (χ0) is 14.2. The summed E-state index contributed by atoms with van der Waals surface area (Å²) in [5, 5.41) is 1.85. The van der Waals surface area contributed by atoms with E-state index in [2.05, 4.69) is 4.98 Å². The van der Waals surface area contributed by atoms with Crippen molar-refractivity contribution in [1.29, 1.82) is 0 Å². The number of anilines is 1. The number of nitrogens with zero attached hydrogens (tertiary/aromatic N) is 3. The monoisotopic (exact) mass is 302 g/mol. The lowest BCUT2D eigenvalue weighted by Crippen LogP contribution is -2.35. The molecule has 1 atom stereocenters. The Bertz CT molecular complexity index is 674. The van der Waals surface area contributed by atoms with Gasteiger partial charge in [-0.05, 0) is 13.3 Å². The van der Waals surface area contributed by atoms with Crippen LogP contribution < -0.4 is 5.73 Å². The molecule has 2 heterocycles. The van der Waals surface area contributed by atoms with Gasteiger partial charge in [-0.25, -0.2) is 13.4 Å². The van der Waals surface area contributed by atoms with Crippen LogP contribution in [0.4, 0.5) is 5.82 Å². The summed E-state index contributed by atoms with van der Waals surface area (Å²) in [6, 6.07) is -0.0708. The standard InChI is InChI=1S/C11H18N4O2S2/c1-4-5-8(2)14(3)19(16,17)10-9(12)13-11-15(10)6-7-18-11/h6-8H,4-5,12H2,1-3H3. The first-order valence-corrected chi connectivity index (χ1v) is 8.40. The van der Waals surface area contributed by atoms with E-state index in [1.54, 1.807) is 18.6 Å². The molecular weight excluding hydrogens is 284 g/mol. The average molecular weight is 302 g/mol. The number of thiazole rings is 1. The van der Waals surface area contributed by atoms with Crippen molar-refractivity contribution in [3.05, 3.63) is 11.6 Å². The topological polar surface area (TPSA) is 80.7 Å². The summed E-state index contributed by atoms with van der Waals surface area (Å²) < 4.78 is 28.2. The van der Waals surface area contributed by atoms with E-state index in [-0.39, 0.29) is 16.9 Å². The highest BCUT2D eigenvalue weighted by molar-refractivity contribution is 7.89. The van der Waals surface area contributed by atoms with Gasteiger partial charge in [-0.1, -0.05) is 13.3 Å². The smallest absolute Gasteiger partial charge is 0.262 e. The summed E-state index contributed by atoms with van der Waals surface area (Å²) in [4.78, 5) is 4.67. The third kappa shape index (κ3) is 2.35. The zero-order valence-electron chi connectivity index (χ0n) is 11.2. The molecule has 0 spiro atoms. The largest absolute Gasteiger partial charge is 0.381 e. The van der Waals surface area contributed by atoms with Gasteiger partial charge in [0, 0.05) is 24.7 Å². The van der Waals surface area contributed by atoms with E-state index < -0.39 is 10.0 Å². The Hall–Kier alpha value is -1.12. The van der Waals surface area contributed by atoms with E-state index in [0.29, 0.717) is 4.96 Å². The highest BCUT2D eigenvalue weighted by Gasteiger charge is 2.31. The van der Waals surface area contributed by atoms with Crippen molar-refractivity contribution in [3.8, 4) is 0 Å². The molecular formula is C11H18N4O2S2. The number of sulfonamides is 1. The van der Waals surface area contributed by atoms with Gasteiger partial charge in [-0.15, -0.1) is 11.3 Å². The number of aromatic nitrogens is 2. The van der Waals surface area contributed by atoms with Crippen LogP contribution in [0.25, 0.3) is 4.96 Å². The van der Waals surface area contributed by atoms with Gasteiger partial charge in [0.2, 0.25) is 0 Å². The van der Waals surface area contributed by atoms with Crippen molar-refractivity contribution in [2.24, 2.45) is 0 Å². The van der Waals surface area contributed by atoms with Crippen LogP contribution in [0.5, 0.6) is 0 Å². The number of hydrogen-bond donors (Lipinski definition) is 1. The molecule has 2 aromatic rings. The summed E-state index contributed by atoms with van der Waals surface area (Å²) in [5.41, 5.74) is 5.76. The molecule has 8 heteroatoms. The lowest BCUT2D eigenvalue weighted by molar-refractivity contribution is 0.367. The first kappa shape index (κ1) is 14.3. The summed E-state index contributed by atoms with van der Waals surface area (Å²) in [7, 11) is -2.04. The quantitative estimate of drug-likeness (QED) is 0.913. The highest BCUT2D eigenvalue weighted by atomic mass is 32.2. The molecule has 0 aromatic carbocycles. The van der Waals surface area contributed by atoms with Crippen LogP contribution in [-0.2, 0) is 10.0 Å². The molecule has 0 fully saturated rings. The Balaban J connectivity index is 2.49. The first-order valence-electron chi connectivity index (χ1n) is 6.08. The van der Waals surface area contributed by atoms with E-state index in [0.717, 1.165) is 12.8 Å². The Morgan fingerprint density at radius 1 is 1.58 bits per heavy atom. The number of rotatable bonds is 5. The van der Waals surface area contributed by atoms with Gasteiger partial charge in [-0.2, -0.15) is 4.31 Å². The minimum Gasteiger partial charge on any atom is -0.381 e. The number of imidazole rings is 1. The summed E-state index contributed by atoms with van der Waals surface area (Å²) >= 11 is 1.36. The van der Waals surface area contributed by atoms with E-state index >= 15 is 0 Å². The highest BCUT2D eigenvalue weighted by Crippen LogP contribution is 2.27. The van der Waals surface area contributed by atoms with E-state index in [9.17, 15) is 8.42 Å². The van der Waals surface area contributed by atoms with Crippen molar-refractivity contribution in [1.82, 2.24) is 13.7 Å². The predicted octanol–water partition coefficient (Wildman–Crippen LogP) is 1.79. The maximum absolute atomic E-state index is 12.6. The maximum Gasteiger partial charge on any atom is 0.262 e. The SMILES string of the molecule is CCCC(C)N(C)S(=O)(=O)c1c(N)nc2sccn12. The maximum atomic E-state index is 12.6. The first-order chi connectivity index (χ1) is 8.89. The fourth-order valence-corrected chi connectivity index (χ4v) is 4.35. The van der Waals surface area contributed by atoms with Crippen molar-refractivity contribution in [3.63, 3.8) is 0 Å². The van der Waals surface area contributed by atoms with Crippen molar-refractivity contribution in [2.45, 2.75) is 37.8 Å². The van der Waals surface area contributed by atoms with Crippen LogP contribution in [0.2, 0.25) is 0 Å². The molecule has 0 aliphatic carbocycles. The fraction of sp³-hybridized carbons (Fsp3) is 0.545. The van der Waals surface area contributed by atoms with E-state index in [1.165, 1.54) is 20.0 Å². The lowest BCUT2D eigenvalue weighted by Gasteiger charge is -2.23. The van der Waals surface area contributed by atoms with Gasteiger partial charge in [0.1, 0.15) is 0 Å². The van der Waals surface area contributed by atoms with Gasteiger partial charge in [0.05, 0.1) is 0 Å². The second kappa shape index (κ2) is 5.10. The van der Waals surface area contributed by atoms with Crippen LogP contribution in [0, 0.1) is 0 Å². The van der Waals surface area contributed by atoms with Gasteiger partial charge in [0.15, 0.2) is 15.8 Å². The number of nitrogens with two attached hydrogens (primary N) is 1. The number of hydrogen-bond acceptors (Lipinski definition) is 5. The van der Waals surface area contributed by atoms with Crippen LogP contribution in [0.3, 0.4) is 0 Å². The van der Waals surface area contributed by atoms with E-state index in [1.807, 2.05) is 13.8 Å². The normalized spacial score (nSPS) is 14.3. The molecule has 0 saturated carbocycles. The fourth-order valence-electron chi connectivity index (χ4n) is 2.01. The average Bonchev–Trinajstić information content (AvgIpc) is 2.87.